The first-order valence-electron chi connectivity index (χ1n) is 9.95. The van der Waals surface area contributed by atoms with Crippen molar-refractivity contribution in [3.05, 3.63) is 65.7 Å². The second-order valence-electron chi connectivity index (χ2n) is 7.57. The van der Waals surface area contributed by atoms with E-state index in [0.717, 1.165) is 49.9 Å². The Kier molecular flexibility index (Phi) is 5.23. The minimum atomic E-state index is -0.220. The Balaban J connectivity index is 1.46. The number of anilines is 1. The molecule has 2 aliphatic rings. The van der Waals surface area contributed by atoms with Gasteiger partial charge in [-0.15, -0.1) is 0 Å². The molecule has 4 heteroatoms. The van der Waals surface area contributed by atoms with Crippen molar-refractivity contribution in [3.8, 4) is 0 Å². The van der Waals surface area contributed by atoms with E-state index in [1.807, 2.05) is 53.4 Å². The molecule has 4 nitrogen and oxygen atoms in total. The SMILES string of the molecule is O=C(NCc1ccccc1)C1CCCCC1C(=O)N1CCc2ccccc21. The highest BCUT2D eigenvalue weighted by Crippen LogP contribution is 2.35. The predicted molar refractivity (Wildman–Crippen MR) is 106 cm³/mol. The number of hydrogen-bond donors (Lipinski definition) is 1. The van der Waals surface area contributed by atoms with Gasteiger partial charge in [-0.05, 0) is 36.5 Å². The van der Waals surface area contributed by atoms with E-state index >= 15 is 0 Å². The molecule has 2 amide bonds. The maximum absolute atomic E-state index is 13.3. The summed E-state index contributed by atoms with van der Waals surface area (Å²) in [4.78, 5) is 28.1. The van der Waals surface area contributed by atoms with E-state index in [4.69, 9.17) is 0 Å². The van der Waals surface area contributed by atoms with Gasteiger partial charge in [0.25, 0.3) is 0 Å². The second-order valence-corrected chi connectivity index (χ2v) is 7.57. The summed E-state index contributed by atoms with van der Waals surface area (Å²) in [6.07, 6.45) is 4.55. The topological polar surface area (TPSA) is 49.4 Å². The summed E-state index contributed by atoms with van der Waals surface area (Å²) in [5, 5.41) is 3.05. The largest absolute Gasteiger partial charge is 0.352 e. The Morgan fingerprint density at radius 2 is 1.63 bits per heavy atom. The van der Waals surface area contributed by atoms with E-state index < -0.39 is 0 Å². The first-order valence-corrected chi connectivity index (χ1v) is 9.95. The molecule has 0 spiro atoms. The van der Waals surface area contributed by atoms with Gasteiger partial charge in [0, 0.05) is 24.7 Å². The number of fused-ring (bicyclic) bond motifs is 1. The van der Waals surface area contributed by atoms with Crippen LogP contribution in [0.15, 0.2) is 54.6 Å². The van der Waals surface area contributed by atoms with E-state index in [2.05, 4.69) is 11.4 Å². The molecule has 0 saturated heterocycles. The molecule has 1 fully saturated rings. The van der Waals surface area contributed by atoms with E-state index in [9.17, 15) is 9.59 Å². The second kappa shape index (κ2) is 7.95. The summed E-state index contributed by atoms with van der Waals surface area (Å²) >= 11 is 0. The third-order valence-corrected chi connectivity index (χ3v) is 5.88. The molecule has 1 heterocycles. The number of benzene rings is 2. The average Bonchev–Trinajstić information content (AvgIpc) is 3.16. The maximum atomic E-state index is 13.3. The summed E-state index contributed by atoms with van der Waals surface area (Å²) in [7, 11) is 0. The summed E-state index contributed by atoms with van der Waals surface area (Å²) in [6, 6.07) is 18.0. The lowest BCUT2D eigenvalue weighted by atomic mass is 9.77. The van der Waals surface area contributed by atoms with Crippen LogP contribution in [-0.4, -0.2) is 18.4 Å². The van der Waals surface area contributed by atoms with Crippen molar-refractivity contribution in [1.29, 1.82) is 0 Å². The zero-order valence-corrected chi connectivity index (χ0v) is 15.6. The molecule has 4 rings (SSSR count). The van der Waals surface area contributed by atoms with Gasteiger partial charge in [0.1, 0.15) is 0 Å². The zero-order chi connectivity index (χ0) is 18.6. The average molecular weight is 362 g/mol. The number of rotatable bonds is 4. The Morgan fingerprint density at radius 3 is 2.44 bits per heavy atom. The molecule has 1 aliphatic carbocycles. The lowest BCUT2D eigenvalue weighted by Gasteiger charge is -2.32. The third-order valence-electron chi connectivity index (χ3n) is 5.88. The predicted octanol–water partition coefficient (Wildman–Crippen LogP) is 3.70. The molecule has 2 aromatic carbocycles. The van der Waals surface area contributed by atoms with Crippen LogP contribution in [0.5, 0.6) is 0 Å². The molecule has 2 unspecified atom stereocenters. The molecule has 1 N–H and O–H groups in total. The van der Waals surface area contributed by atoms with Gasteiger partial charge in [0.15, 0.2) is 0 Å². The maximum Gasteiger partial charge on any atom is 0.230 e. The third kappa shape index (κ3) is 3.75. The highest BCUT2D eigenvalue weighted by atomic mass is 16.2. The van der Waals surface area contributed by atoms with Crippen LogP contribution in [0, 0.1) is 11.8 Å². The van der Waals surface area contributed by atoms with Crippen LogP contribution in [0.1, 0.15) is 36.8 Å². The van der Waals surface area contributed by atoms with Gasteiger partial charge in [-0.2, -0.15) is 0 Å². The summed E-state index contributed by atoms with van der Waals surface area (Å²) in [6.45, 7) is 1.25. The molecule has 27 heavy (non-hydrogen) atoms. The lowest BCUT2D eigenvalue weighted by molar-refractivity contribution is -0.135. The molecule has 140 valence electrons. The number of hydrogen-bond acceptors (Lipinski definition) is 2. The van der Waals surface area contributed by atoms with Gasteiger partial charge >= 0.3 is 0 Å². The van der Waals surface area contributed by atoms with Crippen molar-refractivity contribution in [2.75, 3.05) is 11.4 Å². The molecule has 0 bridgehead atoms. The molecule has 2 aromatic rings. The van der Waals surface area contributed by atoms with Crippen LogP contribution in [0.4, 0.5) is 5.69 Å². The number of nitrogens with zero attached hydrogens (tertiary/aromatic N) is 1. The summed E-state index contributed by atoms with van der Waals surface area (Å²) < 4.78 is 0. The minimum Gasteiger partial charge on any atom is -0.352 e. The number of nitrogens with one attached hydrogen (secondary N) is 1. The van der Waals surface area contributed by atoms with Crippen LogP contribution in [-0.2, 0) is 22.6 Å². The fourth-order valence-corrected chi connectivity index (χ4v) is 4.42. The molecule has 0 radical (unpaired) electrons. The van der Waals surface area contributed by atoms with Gasteiger partial charge in [0.05, 0.1) is 5.92 Å². The Hall–Kier alpha value is -2.62. The van der Waals surface area contributed by atoms with E-state index in [1.165, 1.54) is 5.56 Å². The van der Waals surface area contributed by atoms with Crippen molar-refractivity contribution in [2.45, 2.75) is 38.6 Å². The lowest BCUT2D eigenvalue weighted by Crippen LogP contribution is -2.45. The van der Waals surface area contributed by atoms with Crippen molar-refractivity contribution in [2.24, 2.45) is 11.8 Å². The number of para-hydroxylation sites is 1. The Morgan fingerprint density at radius 1 is 0.926 bits per heavy atom. The Bertz CT molecular complexity index is 818. The molecular formula is C23H26N2O2. The molecule has 1 saturated carbocycles. The summed E-state index contributed by atoms with van der Waals surface area (Å²) in [5.41, 5.74) is 3.33. The van der Waals surface area contributed by atoms with Gasteiger partial charge in [0.2, 0.25) is 11.8 Å². The fourth-order valence-electron chi connectivity index (χ4n) is 4.42. The van der Waals surface area contributed by atoms with E-state index in [1.54, 1.807) is 0 Å². The van der Waals surface area contributed by atoms with Crippen molar-refractivity contribution >= 4 is 17.5 Å². The van der Waals surface area contributed by atoms with Crippen LogP contribution < -0.4 is 10.2 Å². The number of amides is 2. The smallest absolute Gasteiger partial charge is 0.230 e. The van der Waals surface area contributed by atoms with E-state index in [0.29, 0.717) is 6.54 Å². The number of carbonyl (C=O) groups excluding carboxylic acids is 2. The first kappa shape index (κ1) is 17.8. The normalized spacial score (nSPS) is 21.6. The van der Waals surface area contributed by atoms with Crippen molar-refractivity contribution in [3.63, 3.8) is 0 Å². The van der Waals surface area contributed by atoms with Gasteiger partial charge in [-0.3, -0.25) is 9.59 Å². The molecule has 0 aromatic heterocycles. The van der Waals surface area contributed by atoms with Crippen molar-refractivity contribution < 1.29 is 9.59 Å². The van der Waals surface area contributed by atoms with E-state index in [-0.39, 0.29) is 23.7 Å². The monoisotopic (exact) mass is 362 g/mol. The highest BCUT2D eigenvalue weighted by molar-refractivity contribution is 5.99. The van der Waals surface area contributed by atoms with Gasteiger partial charge in [-0.25, -0.2) is 0 Å². The van der Waals surface area contributed by atoms with Crippen LogP contribution >= 0.6 is 0 Å². The van der Waals surface area contributed by atoms with Crippen LogP contribution in [0.2, 0.25) is 0 Å². The molecular weight excluding hydrogens is 336 g/mol. The van der Waals surface area contributed by atoms with Crippen LogP contribution in [0.25, 0.3) is 0 Å². The summed E-state index contributed by atoms with van der Waals surface area (Å²) in [5.74, 6) is -0.285. The first-order chi connectivity index (χ1) is 13.2. The minimum absolute atomic E-state index is 0.0179. The number of carbonyl (C=O) groups is 2. The van der Waals surface area contributed by atoms with Gasteiger partial charge in [-0.1, -0.05) is 61.4 Å². The zero-order valence-electron chi connectivity index (χ0n) is 15.6. The van der Waals surface area contributed by atoms with Crippen LogP contribution in [0.3, 0.4) is 0 Å². The van der Waals surface area contributed by atoms with Crippen molar-refractivity contribution in [1.82, 2.24) is 5.32 Å². The quantitative estimate of drug-likeness (QED) is 0.902. The fraction of sp³-hybridized carbons (Fsp3) is 0.391. The molecule has 2 atom stereocenters. The highest BCUT2D eigenvalue weighted by Gasteiger charge is 2.39. The standard InChI is InChI=1S/C23H26N2O2/c26-22(24-16-17-8-2-1-3-9-17)19-11-5-6-12-20(19)23(27)25-15-14-18-10-4-7-13-21(18)25/h1-4,7-10,13,19-20H,5-6,11-12,14-16H2,(H,24,26). The Labute approximate surface area is 160 Å². The molecule has 1 aliphatic heterocycles. The van der Waals surface area contributed by atoms with Gasteiger partial charge < -0.3 is 10.2 Å².